The number of aromatic nitrogens is 2. The van der Waals surface area contributed by atoms with Crippen LogP contribution in [0.25, 0.3) is 5.69 Å². The number of benzene rings is 1. The summed E-state index contributed by atoms with van der Waals surface area (Å²) in [6, 6.07) is 3.78. The molecule has 2 aromatic rings. The number of aliphatic carboxylic acids is 1. The predicted molar refractivity (Wildman–Crippen MR) is 99.9 cm³/mol. The summed E-state index contributed by atoms with van der Waals surface area (Å²) in [5.41, 5.74) is 4.74. The summed E-state index contributed by atoms with van der Waals surface area (Å²) in [4.78, 5) is 11.5. The normalized spacial score (nSPS) is 15.2. The van der Waals surface area contributed by atoms with Crippen LogP contribution in [0.2, 0.25) is 0 Å². The molecule has 1 atom stereocenters. The zero-order valence-corrected chi connectivity index (χ0v) is 17.6. The molecule has 1 heterocycles. The van der Waals surface area contributed by atoms with E-state index in [1.165, 1.54) is 16.7 Å². The fourth-order valence-corrected chi connectivity index (χ4v) is 3.06. The Morgan fingerprint density at radius 3 is 1.90 bits per heavy atom. The van der Waals surface area contributed by atoms with Gasteiger partial charge in [0, 0.05) is 6.42 Å². The first-order valence-electron chi connectivity index (χ1n) is 8.70. The number of carbonyl (C=O) groups is 1. The molecule has 0 aliphatic rings. The van der Waals surface area contributed by atoms with Crippen LogP contribution in [0.4, 0.5) is 25.2 Å². The first-order chi connectivity index (χ1) is 12.7. The maximum atomic E-state index is 11.5. The fraction of sp³-hybridized carbons (Fsp3) is 0.444. The molecule has 0 radical (unpaired) electrons. The van der Waals surface area contributed by atoms with E-state index in [9.17, 15) is 35.1 Å². The number of imidazole rings is 1. The van der Waals surface area contributed by atoms with Crippen LogP contribution in [-0.4, -0.2) is 15.6 Å². The molecule has 29 heavy (non-hydrogen) atoms. The summed E-state index contributed by atoms with van der Waals surface area (Å²) >= 11 is 0. The number of carboxylic acid groups (broad SMARTS) is 1. The van der Waals surface area contributed by atoms with E-state index in [-0.39, 0.29) is 0 Å². The average molecular weight is 446 g/mol. The van der Waals surface area contributed by atoms with Crippen LogP contribution in [0.3, 0.4) is 0 Å². The van der Waals surface area contributed by atoms with E-state index in [2.05, 4.69) is 32.9 Å². The van der Waals surface area contributed by atoms with Gasteiger partial charge in [-0.05, 0) is 37.8 Å². The topological polar surface area (TPSA) is 46.1 Å². The van der Waals surface area contributed by atoms with Gasteiger partial charge in [0.05, 0.1) is 0 Å². The summed E-state index contributed by atoms with van der Waals surface area (Å²) in [6.07, 6.45) is 6.28. The van der Waals surface area contributed by atoms with Gasteiger partial charge in [0.2, 0.25) is 6.33 Å². The van der Waals surface area contributed by atoms with Gasteiger partial charge in [0.15, 0.2) is 6.04 Å². The van der Waals surface area contributed by atoms with Crippen molar-refractivity contribution in [3.63, 3.8) is 0 Å². The zero-order valence-electron chi connectivity index (χ0n) is 16.7. The van der Waals surface area contributed by atoms with Gasteiger partial charge in [-0.15, -0.1) is 0 Å². The first-order valence-corrected chi connectivity index (χ1v) is 10.7. The number of rotatable bonds is 5. The van der Waals surface area contributed by atoms with Crippen molar-refractivity contribution in [2.24, 2.45) is 5.92 Å². The minimum atomic E-state index is -10.7. The van der Waals surface area contributed by atoms with Crippen LogP contribution < -0.4 is 4.57 Å². The Labute approximate surface area is 165 Å². The summed E-state index contributed by atoms with van der Waals surface area (Å²) in [6.45, 7) is 10.3. The van der Waals surface area contributed by atoms with Crippen LogP contribution in [0.1, 0.15) is 43.0 Å². The Morgan fingerprint density at radius 1 is 1.07 bits per heavy atom. The molecule has 0 spiro atoms. The zero-order chi connectivity index (χ0) is 22.8. The van der Waals surface area contributed by atoms with Gasteiger partial charge in [-0.1, -0.05) is 31.5 Å². The van der Waals surface area contributed by atoms with Crippen molar-refractivity contribution >= 4 is 13.8 Å². The third kappa shape index (κ3) is 9.78. The van der Waals surface area contributed by atoms with E-state index in [0.29, 0.717) is 12.3 Å². The summed E-state index contributed by atoms with van der Waals surface area (Å²) in [7, 11) is -10.7. The predicted octanol–water partition coefficient (Wildman–Crippen LogP) is 6.74. The molecule has 1 unspecified atom stereocenters. The van der Waals surface area contributed by atoms with Crippen LogP contribution in [0, 0.1) is 26.7 Å². The quantitative estimate of drug-likeness (QED) is 0.314. The van der Waals surface area contributed by atoms with E-state index in [1.54, 1.807) is 4.57 Å². The van der Waals surface area contributed by atoms with Crippen LogP contribution in [0.15, 0.2) is 30.9 Å². The molecule has 1 N–H and O–H groups in total. The number of aryl methyl sites for hydroxylation is 3. The standard InChI is InChI=1S/C18H24N2O2.F6P/c1-12(2)8-16(18(21)22)19-6-7-20(11-19)17-14(4)9-13(3)10-15(17)5;1-7(2,3,4,5)6/h6-7,9-12,16H,8H2,1-5H3;/q;-1/p+1. The third-order valence-corrected chi connectivity index (χ3v) is 3.89. The molecule has 0 amide bonds. The van der Waals surface area contributed by atoms with Gasteiger partial charge in [-0.25, -0.2) is 13.9 Å². The van der Waals surface area contributed by atoms with Crippen LogP contribution in [0.5, 0.6) is 0 Å². The number of nitrogens with zero attached hydrogens (tertiary/aromatic N) is 2. The van der Waals surface area contributed by atoms with Gasteiger partial charge < -0.3 is 5.11 Å². The van der Waals surface area contributed by atoms with Gasteiger partial charge in [0.1, 0.15) is 18.1 Å². The van der Waals surface area contributed by atoms with Crippen molar-refractivity contribution in [3.8, 4) is 5.69 Å². The molecule has 2 rings (SSSR count). The summed E-state index contributed by atoms with van der Waals surface area (Å²) in [5, 5.41) is 9.47. The van der Waals surface area contributed by atoms with Crippen molar-refractivity contribution in [2.45, 2.75) is 47.1 Å². The molecule has 166 valence electrons. The number of halogens is 6. The molecular weight excluding hydrogens is 421 g/mol. The van der Waals surface area contributed by atoms with Crippen molar-refractivity contribution in [1.82, 2.24) is 4.57 Å². The van der Waals surface area contributed by atoms with E-state index < -0.39 is 19.8 Å². The molecule has 1 aromatic heterocycles. The van der Waals surface area contributed by atoms with Crippen molar-refractivity contribution in [2.75, 3.05) is 0 Å². The van der Waals surface area contributed by atoms with Gasteiger partial charge in [-0.3, -0.25) is 0 Å². The Bertz CT molecular complexity index is 857. The molecule has 0 saturated heterocycles. The number of carboxylic acids is 1. The molecule has 0 aliphatic carbocycles. The third-order valence-electron chi connectivity index (χ3n) is 3.89. The fourth-order valence-electron chi connectivity index (χ4n) is 3.06. The molecule has 4 nitrogen and oxygen atoms in total. The molecule has 11 heteroatoms. The molecular formula is C18H25F6N2O2P. The number of hydrogen-bond donors (Lipinski definition) is 1. The molecule has 0 bridgehead atoms. The van der Waals surface area contributed by atoms with Gasteiger partial charge >= 0.3 is 39.0 Å². The van der Waals surface area contributed by atoms with E-state index in [1.807, 2.05) is 37.1 Å². The minimum absolute atomic E-state index is 0.333. The Balaban J connectivity index is 0.000000516. The van der Waals surface area contributed by atoms with Crippen molar-refractivity contribution < 1.29 is 39.6 Å². The molecule has 0 fully saturated rings. The van der Waals surface area contributed by atoms with E-state index in [4.69, 9.17) is 0 Å². The van der Waals surface area contributed by atoms with Crippen LogP contribution in [-0.2, 0) is 4.79 Å². The Hall–Kier alpha value is -2.09. The molecule has 0 saturated carbocycles. The maximum absolute atomic E-state index is 11.5. The monoisotopic (exact) mass is 446 g/mol. The Morgan fingerprint density at radius 2 is 1.52 bits per heavy atom. The van der Waals surface area contributed by atoms with Crippen molar-refractivity contribution in [3.05, 3.63) is 47.5 Å². The summed E-state index contributed by atoms with van der Waals surface area (Å²) < 4.78 is 63.0. The number of hydrogen-bond acceptors (Lipinski definition) is 1. The van der Waals surface area contributed by atoms with Gasteiger partial charge in [0.25, 0.3) is 0 Å². The second kappa shape index (κ2) is 7.63. The van der Waals surface area contributed by atoms with Crippen molar-refractivity contribution in [1.29, 1.82) is 0 Å². The average Bonchev–Trinajstić information content (AvgIpc) is 2.88. The SMILES string of the molecule is Cc1cc(C)c(-n2cc[n+](C(CC(C)C)C(=O)O)c2)c(C)c1.F[P-](F)(F)(F)(F)F. The first kappa shape index (κ1) is 24.9. The second-order valence-electron chi connectivity index (χ2n) is 7.46. The van der Waals surface area contributed by atoms with E-state index >= 15 is 0 Å². The van der Waals surface area contributed by atoms with Crippen LogP contribution >= 0.6 is 7.81 Å². The summed E-state index contributed by atoms with van der Waals surface area (Å²) in [5.74, 6) is -0.450. The second-order valence-corrected chi connectivity index (χ2v) is 9.37. The molecule has 1 aromatic carbocycles. The van der Waals surface area contributed by atoms with Gasteiger partial charge in [-0.2, -0.15) is 0 Å². The van der Waals surface area contributed by atoms with E-state index in [0.717, 1.165) is 5.69 Å². The molecule has 0 aliphatic heterocycles. The Kier molecular flexibility index (Phi) is 6.56.